The number of hydrogen-bond donors (Lipinski definition) is 1. The SMILES string of the molecule is C/C=C(\C(=N/C(C)n1cncn1)C(=O)O)S(=O)(=O)C(C)C. The van der Waals surface area contributed by atoms with Gasteiger partial charge in [0, 0.05) is 0 Å². The summed E-state index contributed by atoms with van der Waals surface area (Å²) in [5.41, 5.74) is -0.505. The zero-order valence-electron chi connectivity index (χ0n) is 12.3. The van der Waals surface area contributed by atoms with Gasteiger partial charge in [-0.2, -0.15) is 5.10 Å². The minimum absolute atomic E-state index is 0.294. The van der Waals surface area contributed by atoms with Crippen LogP contribution in [0.3, 0.4) is 0 Å². The molecule has 0 aromatic carbocycles. The first-order chi connectivity index (χ1) is 9.71. The van der Waals surface area contributed by atoms with Crippen molar-refractivity contribution in [2.24, 2.45) is 4.99 Å². The predicted molar refractivity (Wildman–Crippen MR) is 77.6 cm³/mol. The van der Waals surface area contributed by atoms with Gasteiger partial charge in [-0.15, -0.1) is 0 Å². The molecule has 8 nitrogen and oxygen atoms in total. The Hall–Kier alpha value is -2.03. The van der Waals surface area contributed by atoms with Crippen LogP contribution in [0.1, 0.15) is 33.9 Å². The summed E-state index contributed by atoms with van der Waals surface area (Å²) in [6, 6.07) is 0. The molecule has 0 fully saturated rings. The largest absolute Gasteiger partial charge is 0.476 e. The topological polar surface area (TPSA) is 115 Å². The molecule has 1 heterocycles. The lowest BCUT2D eigenvalue weighted by Crippen LogP contribution is -2.27. The maximum absolute atomic E-state index is 12.2. The molecule has 1 N–H and O–H groups in total. The van der Waals surface area contributed by atoms with Crippen molar-refractivity contribution >= 4 is 21.5 Å². The van der Waals surface area contributed by atoms with E-state index < -0.39 is 32.9 Å². The number of carboxylic acids is 1. The number of hydrogen-bond acceptors (Lipinski definition) is 6. The Morgan fingerprint density at radius 1 is 1.38 bits per heavy atom. The summed E-state index contributed by atoms with van der Waals surface area (Å²) in [5, 5.41) is 12.4. The first-order valence-corrected chi connectivity index (χ1v) is 7.82. The Morgan fingerprint density at radius 3 is 2.38 bits per heavy atom. The van der Waals surface area contributed by atoms with Gasteiger partial charge in [-0.25, -0.2) is 27.9 Å². The number of aliphatic imine (C=N–C) groups is 1. The molecule has 0 spiro atoms. The fraction of sp³-hybridized carbons (Fsp3) is 0.500. The molecule has 9 heteroatoms. The molecule has 1 atom stereocenters. The molecule has 0 bridgehead atoms. The van der Waals surface area contributed by atoms with Gasteiger partial charge in [0.1, 0.15) is 18.8 Å². The number of rotatable bonds is 6. The molecule has 0 aliphatic heterocycles. The second-order valence-electron chi connectivity index (χ2n) is 4.54. The predicted octanol–water partition coefficient (Wildman–Crippen LogP) is 1.05. The summed E-state index contributed by atoms with van der Waals surface area (Å²) < 4.78 is 25.8. The van der Waals surface area contributed by atoms with Gasteiger partial charge in [0.05, 0.1) is 10.2 Å². The lowest BCUT2D eigenvalue weighted by molar-refractivity contribution is -0.129. The van der Waals surface area contributed by atoms with Crippen molar-refractivity contribution in [1.29, 1.82) is 0 Å². The van der Waals surface area contributed by atoms with Gasteiger partial charge < -0.3 is 5.11 Å². The summed E-state index contributed by atoms with van der Waals surface area (Å²) in [6.07, 6.45) is 3.22. The van der Waals surface area contributed by atoms with E-state index >= 15 is 0 Å². The third-order valence-electron chi connectivity index (χ3n) is 2.76. The zero-order chi connectivity index (χ0) is 16.2. The van der Waals surface area contributed by atoms with Gasteiger partial charge >= 0.3 is 5.97 Å². The normalized spacial score (nSPS) is 15.3. The van der Waals surface area contributed by atoms with Crippen LogP contribution in [0.5, 0.6) is 0 Å². The van der Waals surface area contributed by atoms with Crippen molar-refractivity contribution in [2.75, 3.05) is 0 Å². The van der Waals surface area contributed by atoms with Gasteiger partial charge in [0.15, 0.2) is 15.5 Å². The summed E-state index contributed by atoms with van der Waals surface area (Å²) in [7, 11) is -3.74. The van der Waals surface area contributed by atoms with Crippen LogP contribution >= 0.6 is 0 Å². The standard InChI is InChI=1S/C12H18N4O4S/c1-5-10(21(19,20)8(2)3)11(12(17)18)15-9(4)16-7-13-6-14-16/h5-9H,1-4H3,(H,17,18)/b10-5+,15-11+. The molecule has 1 rings (SSSR count). The quantitative estimate of drug-likeness (QED) is 0.785. The number of sulfone groups is 1. The molecule has 1 unspecified atom stereocenters. The van der Waals surface area contributed by atoms with E-state index in [4.69, 9.17) is 0 Å². The Morgan fingerprint density at radius 2 is 2.00 bits per heavy atom. The van der Waals surface area contributed by atoms with E-state index in [1.165, 1.54) is 44.2 Å². The Labute approximate surface area is 123 Å². The lowest BCUT2D eigenvalue weighted by atomic mass is 10.3. The van der Waals surface area contributed by atoms with Crippen LogP contribution < -0.4 is 0 Å². The van der Waals surface area contributed by atoms with E-state index in [0.29, 0.717) is 0 Å². The number of allylic oxidation sites excluding steroid dienone is 1. The maximum atomic E-state index is 12.2. The van der Waals surface area contributed by atoms with Gasteiger partial charge in [0.25, 0.3) is 0 Å². The average molecular weight is 314 g/mol. The second-order valence-corrected chi connectivity index (χ2v) is 7.01. The monoisotopic (exact) mass is 314 g/mol. The summed E-state index contributed by atoms with van der Waals surface area (Å²) in [5.74, 6) is -1.40. The molecule has 0 aliphatic carbocycles. The van der Waals surface area contributed by atoms with Crippen LogP contribution in [0.25, 0.3) is 0 Å². The molecule has 1 aromatic heterocycles. The smallest absolute Gasteiger partial charge is 0.355 e. The second kappa shape index (κ2) is 6.61. The van der Waals surface area contributed by atoms with E-state index in [2.05, 4.69) is 15.1 Å². The van der Waals surface area contributed by atoms with Crippen LogP contribution in [-0.4, -0.2) is 45.2 Å². The highest BCUT2D eigenvalue weighted by Crippen LogP contribution is 2.18. The van der Waals surface area contributed by atoms with Crippen LogP contribution in [-0.2, 0) is 14.6 Å². The average Bonchev–Trinajstić information content (AvgIpc) is 2.91. The first kappa shape index (κ1) is 17.0. The number of nitrogens with zero attached hydrogens (tertiary/aromatic N) is 4. The van der Waals surface area contributed by atoms with Crippen molar-refractivity contribution in [3.05, 3.63) is 23.6 Å². The fourth-order valence-corrected chi connectivity index (χ4v) is 2.82. The van der Waals surface area contributed by atoms with E-state index in [1.807, 2.05) is 0 Å². The van der Waals surface area contributed by atoms with Crippen molar-refractivity contribution in [2.45, 2.75) is 39.1 Å². The molecule has 1 aromatic rings. The maximum Gasteiger partial charge on any atom is 0.355 e. The fourth-order valence-electron chi connectivity index (χ4n) is 1.57. The Balaban J connectivity index is 3.33. The third-order valence-corrected chi connectivity index (χ3v) is 5.04. The van der Waals surface area contributed by atoms with Crippen LogP contribution in [0.4, 0.5) is 0 Å². The molecule has 0 saturated carbocycles. The Bertz CT molecular complexity index is 659. The van der Waals surface area contributed by atoms with Crippen LogP contribution in [0.2, 0.25) is 0 Å². The number of aromatic nitrogens is 3. The number of carboxylic acid groups (broad SMARTS) is 1. The molecule has 0 radical (unpaired) electrons. The van der Waals surface area contributed by atoms with Crippen molar-refractivity contribution in [3.63, 3.8) is 0 Å². The highest BCUT2D eigenvalue weighted by molar-refractivity contribution is 7.96. The van der Waals surface area contributed by atoms with Crippen LogP contribution in [0.15, 0.2) is 28.6 Å². The van der Waals surface area contributed by atoms with Crippen molar-refractivity contribution < 1.29 is 18.3 Å². The number of aliphatic carboxylic acids is 1. The molecule has 0 saturated heterocycles. The summed E-state index contributed by atoms with van der Waals surface area (Å²) in [4.78, 5) is 18.8. The highest BCUT2D eigenvalue weighted by Gasteiger charge is 2.30. The first-order valence-electron chi connectivity index (χ1n) is 6.27. The lowest BCUT2D eigenvalue weighted by Gasteiger charge is -2.14. The summed E-state index contributed by atoms with van der Waals surface area (Å²) >= 11 is 0. The van der Waals surface area contributed by atoms with E-state index in [0.717, 1.165) is 0 Å². The van der Waals surface area contributed by atoms with Gasteiger partial charge in [-0.05, 0) is 27.7 Å². The molecular weight excluding hydrogens is 296 g/mol. The molecule has 0 amide bonds. The molecular formula is C12H18N4O4S. The van der Waals surface area contributed by atoms with Gasteiger partial charge in [0.2, 0.25) is 0 Å². The van der Waals surface area contributed by atoms with Gasteiger partial charge in [-0.3, -0.25) is 0 Å². The molecule has 116 valence electrons. The molecule has 0 aliphatic rings. The minimum Gasteiger partial charge on any atom is -0.476 e. The molecule has 21 heavy (non-hydrogen) atoms. The van der Waals surface area contributed by atoms with Crippen molar-refractivity contribution in [1.82, 2.24) is 14.8 Å². The van der Waals surface area contributed by atoms with E-state index in [1.54, 1.807) is 6.92 Å². The zero-order valence-corrected chi connectivity index (χ0v) is 13.1. The van der Waals surface area contributed by atoms with E-state index in [-0.39, 0.29) is 4.91 Å². The third kappa shape index (κ3) is 3.75. The Kier molecular flexibility index (Phi) is 5.36. The number of carbonyl (C=O) groups is 1. The van der Waals surface area contributed by atoms with E-state index in [9.17, 15) is 18.3 Å². The van der Waals surface area contributed by atoms with Crippen LogP contribution in [0, 0.1) is 0 Å². The highest BCUT2D eigenvalue weighted by atomic mass is 32.2. The van der Waals surface area contributed by atoms with Gasteiger partial charge in [-0.1, -0.05) is 6.08 Å². The summed E-state index contributed by atoms with van der Waals surface area (Å²) in [6.45, 7) is 6.03. The minimum atomic E-state index is -3.74. The van der Waals surface area contributed by atoms with Crippen molar-refractivity contribution in [3.8, 4) is 0 Å².